The Morgan fingerprint density at radius 2 is 1.16 bits per heavy atom. The van der Waals surface area contributed by atoms with E-state index in [0.29, 0.717) is 50.4 Å². The number of hydrogen-bond donors (Lipinski definition) is 0. The smallest absolute Gasteiger partial charge is 0.351 e. The van der Waals surface area contributed by atoms with Gasteiger partial charge in [0.15, 0.2) is 0 Å². The van der Waals surface area contributed by atoms with Gasteiger partial charge in [-0.2, -0.15) is 9.97 Å². The van der Waals surface area contributed by atoms with Crippen LogP contribution in [0.4, 0.5) is 11.6 Å². The van der Waals surface area contributed by atoms with Crippen LogP contribution >= 0.6 is 35.3 Å². The Balaban J connectivity index is 0.000000228. The van der Waals surface area contributed by atoms with Gasteiger partial charge in [0, 0.05) is 80.2 Å². The summed E-state index contributed by atoms with van der Waals surface area (Å²) in [5.41, 5.74) is -0.480. The molecule has 0 amide bonds. The third kappa shape index (κ3) is 18.1. The van der Waals surface area contributed by atoms with E-state index < -0.39 is 0 Å². The topological polar surface area (TPSA) is 150 Å². The molecule has 0 spiro atoms. The minimum Gasteiger partial charge on any atom is -0.378 e. The van der Waals surface area contributed by atoms with Crippen LogP contribution in [0.5, 0.6) is 0 Å². The lowest BCUT2D eigenvalue weighted by Gasteiger charge is -2.36. The molecule has 3 saturated heterocycles. The molecule has 4 aliphatic heterocycles. The molecule has 0 unspecified atom stereocenters. The third-order valence-electron chi connectivity index (χ3n) is 11.2. The average molecular weight is 1040 g/mol. The maximum atomic E-state index is 12.4. The summed E-state index contributed by atoms with van der Waals surface area (Å²) in [7, 11) is 0. The maximum Gasteiger partial charge on any atom is 0.351 e. The Morgan fingerprint density at radius 1 is 0.686 bits per heavy atom. The molecule has 70 heavy (non-hydrogen) atoms. The number of hydrogen-bond acceptors (Lipinski definition) is 18. The van der Waals surface area contributed by atoms with E-state index in [1.807, 2.05) is 57.9 Å². The van der Waals surface area contributed by atoms with Crippen LogP contribution in [-0.4, -0.2) is 151 Å². The number of aromatic nitrogens is 4. The summed E-state index contributed by atoms with van der Waals surface area (Å²) in [6.07, 6.45) is 9.59. The number of anilines is 2. The van der Waals surface area contributed by atoms with Gasteiger partial charge < -0.3 is 48.0 Å². The van der Waals surface area contributed by atoms with Crippen molar-refractivity contribution >= 4 is 52.8 Å². The third-order valence-corrected chi connectivity index (χ3v) is 14.5. The molecule has 4 aliphatic rings. The summed E-state index contributed by atoms with van der Waals surface area (Å²) < 4.78 is 37.6. The highest BCUT2D eigenvalue weighted by atomic mass is 32.2. The molecule has 6 rings (SSSR count). The lowest BCUT2D eigenvalue weighted by atomic mass is 10.2. The quantitative estimate of drug-likeness (QED) is 0.111. The van der Waals surface area contributed by atoms with Crippen molar-refractivity contribution in [2.45, 2.75) is 175 Å². The largest absolute Gasteiger partial charge is 0.378 e. The first kappa shape index (κ1) is 59.5. The maximum absolute atomic E-state index is 12.4. The van der Waals surface area contributed by atoms with Gasteiger partial charge in [-0.25, -0.2) is 14.6 Å². The predicted molar refractivity (Wildman–Crippen MR) is 290 cm³/mol. The lowest BCUT2D eigenvalue weighted by molar-refractivity contribution is -0.0491. The molecule has 0 N–H and O–H groups in total. The molecular formula is C50H85N9O8S3. The van der Waals surface area contributed by atoms with Gasteiger partial charge in [-0.3, -0.25) is 9.13 Å². The molecule has 0 saturated carbocycles. The molecule has 20 heteroatoms. The number of thioether (sulfide) groups is 3. The van der Waals surface area contributed by atoms with Crippen LogP contribution in [0.3, 0.4) is 0 Å². The molecule has 2 aromatic rings. The minimum absolute atomic E-state index is 0.0109. The Bertz CT molecular complexity index is 2040. The normalized spacial score (nSPS) is 22.2. The Labute approximate surface area is 431 Å². The second-order valence-electron chi connectivity index (χ2n) is 18.5. The molecule has 0 aromatic carbocycles. The number of aliphatic imine (C=N–C) groups is 1. The first-order valence-electron chi connectivity index (χ1n) is 25.2. The summed E-state index contributed by atoms with van der Waals surface area (Å²) in [6, 6.07) is 4.89. The molecule has 2 aromatic heterocycles. The van der Waals surface area contributed by atoms with Gasteiger partial charge in [0.1, 0.15) is 58.3 Å². The molecule has 0 bridgehead atoms. The van der Waals surface area contributed by atoms with E-state index in [2.05, 4.69) is 99.6 Å². The fraction of sp³-hybridized carbons (Fsp3) is 0.740. The highest BCUT2D eigenvalue weighted by molar-refractivity contribution is 8.00. The van der Waals surface area contributed by atoms with Gasteiger partial charge in [-0.05, 0) is 114 Å². The van der Waals surface area contributed by atoms with E-state index in [1.54, 1.807) is 56.8 Å². The van der Waals surface area contributed by atoms with Gasteiger partial charge in [0.25, 0.3) is 0 Å². The van der Waals surface area contributed by atoms with Crippen LogP contribution < -0.4 is 21.2 Å². The number of nitrogens with zero attached hydrogens (tertiary/aromatic N) is 9. The Morgan fingerprint density at radius 3 is 1.59 bits per heavy atom. The summed E-state index contributed by atoms with van der Waals surface area (Å²) in [6.45, 7) is 38.4. The van der Waals surface area contributed by atoms with Crippen LogP contribution in [0, 0.1) is 0 Å². The highest BCUT2D eigenvalue weighted by Crippen LogP contribution is 2.33. The molecule has 17 nitrogen and oxygen atoms in total. The monoisotopic (exact) mass is 1040 g/mol. The average Bonchev–Trinajstić information content (AvgIpc) is 4.10. The zero-order valence-electron chi connectivity index (χ0n) is 44.5. The van der Waals surface area contributed by atoms with Crippen molar-refractivity contribution in [2.24, 2.45) is 4.99 Å². The molecule has 0 aliphatic carbocycles. The zero-order valence-corrected chi connectivity index (χ0v) is 47.0. The van der Waals surface area contributed by atoms with Crippen LogP contribution in [0.1, 0.15) is 122 Å². The first-order chi connectivity index (χ1) is 33.4. The van der Waals surface area contributed by atoms with E-state index in [9.17, 15) is 9.59 Å². The first-order valence-corrected chi connectivity index (χ1v) is 28.4. The van der Waals surface area contributed by atoms with Gasteiger partial charge in [-0.15, -0.1) is 35.3 Å². The summed E-state index contributed by atoms with van der Waals surface area (Å²) in [4.78, 5) is 46.5. The van der Waals surface area contributed by atoms with E-state index in [1.165, 1.54) is 0 Å². The molecule has 6 atom stereocenters. The summed E-state index contributed by atoms with van der Waals surface area (Å²) in [5, 5.41) is 0. The Hall–Kier alpha value is -3.08. The van der Waals surface area contributed by atoms with Crippen molar-refractivity contribution in [3.05, 3.63) is 70.2 Å². The van der Waals surface area contributed by atoms with Gasteiger partial charge in [0.2, 0.25) is 0 Å². The van der Waals surface area contributed by atoms with Crippen molar-refractivity contribution in [2.75, 3.05) is 73.1 Å². The van der Waals surface area contributed by atoms with Crippen molar-refractivity contribution < 1.29 is 28.4 Å². The highest BCUT2D eigenvalue weighted by Gasteiger charge is 2.33. The van der Waals surface area contributed by atoms with Crippen molar-refractivity contribution in [1.82, 2.24) is 28.9 Å². The van der Waals surface area contributed by atoms with Crippen molar-refractivity contribution in [1.29, 1.82) is 0 Å². The standard InChI is InChI=1S/C18H31N3O2S.2C16H27N3O3S/c1-12(2)21(13(3)4)16-8-9-20(15(7)19-16)17-11-24-18(23-17)10-22-14(5)6;1-6-18(11(2)3)13-7-8-19(16(20)17-13)14-10-23-15(22-14)9-21-12(4)5;1-4-8-18(9-5-2)13-7-10-19(16(20)17-13)14-12-23-15(22-14)11-21-6-3/h8-9,12-14,17-18H,7,10-11H2,1-6H3;7-8,11-12,14-15H,6,9-10H2,1-5H3;7,10,14-15H,4-6,8-9,11-12H2,1-3H3/t17-,18+;2*14-,15+/m111/s1. The molecule has 396 valence electrons. The summed E-state index contributed by atoms with van der Waals surface area (Å²) in [5.74, 6) is 5.53. The van der Waals surface area contributed by atoms with Crippen LogP contribution in [0.25, 0.3) is 0 Å². The molecule has 0 radical (unpaired) electrons. The molecular weight excluding hydrogens is 951 g/mol. The van der Waals surface area contributed by atoms with E-state index in [-0.39, 0.29) is 58.6 Å². The van der Waals surface area contributed by atoms with E-state index in [0.717, 1.165) is 67.2 Å². The Kier molecular flexibility index (Phi) is 25.7. The summed E-state index contributed by atoms with van der Waals surface area (Å²) >= 11 is 5.13. The number of ether oxygens (including phenoxy) is 6. The van der Waals surface area contributed by atoms with E-state index >= 15 is 0 Å². The second kappa shape index (κ2) is 30.2. The minimum atomic E-state index is -0.274. The zero-order chi connectivity index (χ0) is 51.5. The van der Waals surface area contributed by atoms with Gasteiger partial charge >= 0.3 is 11.4 Å². The fourth-order valence-corrected chi connectivity index (χ4v) is 11.0. The van der Waals surface area contributed by atoms with Crippen LogP contribution in [0.2, 0.25) is 0 Å². The number of rotatable bonds is 22. The lowest BCUT2D eigenvalue weighted by Crippen LogP contribution is -2.43. The van der Waals surface area contributed by atoms with Gasteiger partial charge in [0.05, 0.1) is 32.0 Å². The van der Waals surface area contributed by atoms with Crippen LogP contribution in [0.15, 0.2) is 63.8 Å². The fourth-order valence-electron chi connectivity index (χ4n) is 8.03. The SMILES string of the molecule is C=C1N=C(N(C(C)C)C(C)C)C=CN1[C@H]1CS[C@@H](COC(C)C)O1.CCCN(CCC)c1ccn([C@H]2CS[C@@H](COCC)O2)c(=O)n1.CCN(c1ccn([C@H]2CS[C@@H](COC(C)C)O2)c(=O)n1)C(C)C. The van der Waals surface area contributed by atoms with Crippen molar-refractivity contribution in [3.63, 3.8) is 0 Å². The van der Waals surface area contributed by atoms with E-state index in [4.69, 9.17) is 33.4 Å². The molecule has 6 heterocycles. The van der Waals surface area contributed by atoms with Gasteiger partial charge in [-0.1, -0.05) is 20.4 Å². The predicted octanol–water partition coefficient (Wildman–Crippen LogP) is 8.63. The molecule has 3 fully saturated rings. The van der Waals surface area contributed by atoms with Crippen molar-refractivity contribution in [3.8, 4) is 0 Å². The van der Waals surface area contributed by atoms with Crippen LogP contribution in [-0.2, 0) is 28.4 Å². The number of amidine groups is 1. The second-order valence-corrected chi connectivity index (χ2v) is 22.1.